The summed E-state index contributed by atoms with van der Waals surface area (Å²) in [7, 11) is 0. The van der Waals surface area contributed by atoms with Gasteiger partial charge in [-0.1, -0.05) is 11.6 Å². The van der Waals surface area contributed by atoms with Crippen molar-refractivity contribution >= 4 is 17.4 Å². The van der Waals surface area contributed by atoms with Gasteiger partial charge in [0.05, 0.1) is 16.1 Å². The van der Waals surface area contributed by atoms with Crippen molar-refractivity contribution in [3.8, 4) is 11.8 Å². The minimum Gasteiger partial charge on any atom is -0.405 e. The summed E-state index contributed by atoms with van der Waals surface area (Å²) in [6.45, 7) is 1.03. The number of hydrogen-bond donors (Lipinski definition) is 0. The molecule has 0 aromatic heterocycles. The zero-order valence-electron chi connectivity index (χ0n) is 8.43. The Morgan fingerprint density at radius 1 is 1.47 bits per heavy atom. The Bertz CT molecular complexity index is 505. The number of carbonyl (C=O) groups is 1. The quantitative estimate of drug-likeness (QED) is 0.769. The van der Waals surface area contributed by atoms with Crippen LogP contribution in [0.1, 0.15) is 22.8 Å². The first-order valence-electron chi connectivity index (χ1n) is 4.25. The van der Waals surface area contributed by atoms with E-state index in [1.54, 1.807) is 6.07 Å². The third-order valence-electron chi connectivity index (χ3n) is 1.80. The van der Waals surface area contributed by atoms with Crippen molar-refractivity contribution in [3.63, 3.8) is 0 Å². The molecule has 0 fully saturated rings. The molecule has 0 amide bonds. The topological polar surface area (TPSA) is 50.1 Å². The summed E-state index contributed by atoms with van der Waals surface area (Å²) in [5, 5.41) is 8.29. The van der Waals surface area contributed by atoms with Gasteiger partial charge in [0.1, 0.15) is 11.8 Å². The van der Waals surface area contributed by atoms with Gasteiger partial charge in [-0.15, -0.1) is 13.2 Å². The average Bonchev–Trinajstić information content (AvgIpc) is 2.14. The van der Waals surface area contributed by atoms with Crippen LogP contribution >= 0.6 is 11.6 Å². The number of Topliss-reactive ketones (excluding diaryl/α,β-unsaturated/α-hetero) is 1. The second-order valence-electron chi connectivity index (χ2n) is 3.02. The summed E-state index contributed by atoms with van der Waals surface area (Å²) in [5.41, 5.74) is -0.547. The van der Waals surface area contributed by atoms with Crippen molar-refractivity contribution in [1.82, 2.24) is 0 Å². The molecule has 0 aliphatic carbocycles. The molecule has 3 nitrogen and oxygen atoms in total. The van der Waals surface area contributed by atoms with Gasteiger partial charge in [-0.3, -0.25) is 4.79 Å². The minimum absolute atomic E-state index is 0.0913. The zero-order valence-corrected chi connectivity index (χ0v) is 9.19. The minimum atomic E-state index is -4.93. The van der Waals surface area contributed by atoms with Crippen molar-refractivity contribution in [2.45, 2.75) is 13.3 Å². The van der Waals surface area contributed by atoms with E-state index in [9.17, 15) is 18.0 Å². The summed E-state index contributed by atoms with van der Waals surface area (Å²) < 4.78 is 39.8. The molecule has 0 saturated carbocycles. The van der Waals surface area contributed by atoms with E-state index < -0.39 is 23.5 Å². The Morgan fingerprint density at radius 2 is 2.06 bits per heavy atom. The largest absolute Gasteiger partial charge is 0.573 e. The van der Waals surface area contributed by atoms with E-state index in [1.165, 1.54) is 0 Å². The van der Waals surface area contributed by atoms with Gasteiger partial charge in [-0.2, -0.15) is 5.26 Å². The molecule has 0 atom stereocenters. The van der Waals surface area contributed by atoms with Crippen molar-refractivity contribution < 1.29 is 22.7 Å². The molecule has 0 heterocycles. The molecule has 0 N–H and O–H groups in total. The Hall–Kier alpha value is -1.74. The van der Waals surface area contributed by atoms with Gasteiger partial charge in [0.25, 0.3) is 0 Å². The Labute approximate surface area is 99.4 Å². The number of nitriles is 1. The molecule has 0 unspecified atom stereocenters. The number of benzene rings is 1. The number of nitrogens with zero attached hydrogens (tertiary/aromatic N) is 1. The maximum absolute atomic E-state index is 12.1. The van der Waals surface area contributed by atoms with Crippen LogP contribution in [0.4, 0.5) is 13.2 Å². The maximum atomic E-state index is 12.1. The predicted octanol–water partition coefficient (Wildman–Crippen LogP) is 3.31. The van der Waals surface area contributed by atoms with Crippen LogP contribution in [0.25, 0.3) is 0 Å². The smallest absolute Gasteiger partial charge is 0.405 e. The molecular weight excluding hydrogens is 259 g/mol. The highest BCUT2D eigenvalue weighted by molar-refractivity contribution is 6.35. The van der Waals surface area contributed by atoms with Crippen LogP contribution in [0.5, 0.6) is 5.75 Å². The lowest BCUT2D eigenvalue weighted by Crippen LogP contribution is -2.19. The fourth-order valence-corrected chi connectivity index (χ4v) is 1.51. The van der Waals surface area contributed by atoms with E-state index in [1.807, 2.05) is 0 Å². The van der Waals surface area contributed by atoms with Gasteiger partial charge >= 0.3 is 6.36 Å². The van der Waals surface area contributed by atoms with Crippen LogP contribution in [-0.4, -0.2) is 12.1 Å². The number of carbonyl (C=O) groups excluding carboxylic acids is 1. The molecule has 1 aromatic rings. The molecule has 17 heavy (non-hydrogen) atoms. The van der Waals surface area contributed by atoms with E-state index in [-0.39, 0.29) is 10.6 Å². The van der Waals surface area contributed by atoms with Crippen LogP contribution in [-0.2, 0) is 0 Å². The third kappa shape index (κ3) is 3.11. The lowest BCUT2D eigenvalue weighted by molar-refractivity contribution is -0.274. The number of ketones is 1. The van der Waals surface area contributed by atoms with Crippen molar-refractivity contribution in [1.29, 1.82) is 5.26 Å². The first-order valence-corrected chi connectivity index (χ1v) is 4.63. The molecule has 0 aliphatic heterocycles. The summed E-state index contributed by atoms with van der Waals surface area (Å²) >= 11 is 5.65. The monoisotopic (exact) mass is 263 g/mol. The summed E-state index contributed by atoms with van der Waals surface area (Å²) in [6.07, 6.45) is -4.93. The first-order chi connectivity index (χ1) is 7.76. The SMILES string of the molecule is CC(=O)c1c(OC(F)(F)F)ccc(C#N)c1Cl. The number of alkyl halides is 3. The number of ether oxygens (including phenoxy) is 1. The second-order valence-corrected chi connectivity index (χ2v) is 3.39. The molecule has 7 heteroatoms. The van der Waals surface area contributed by atoms with E-state index in [2.05, 4.69) is 4.74 Å². The Balaban J connectivity index is 3.38. The fourth-order valence-electron chi connectivity index (χ4n) is 1.18. The summed E-state index contributed by atoms with van der Waals surface area (Å²) in [6, 6.07) is 3.59. The lowest BCUT2D eigenvalue weighted by atomic mass is 10.1. The van der Waals surface area contributed by atoms with Gasteiger partial charge in [0.2, 0.25) is 0 Å². The van der Waals surface area contributed by atoms with Gasteiger partial charge in [0.15, 0.2) is 5.78 Å². The Kier molecular flexibility index (Phi) is 3.63. The van der Waals surface area contributed by atoms with Crippen molar-refractivity contribution in [2.75, 3.05) is 0 Å². The highest BCUT2D eigenvalue weighted by Crippen LogP contribution is 2.33. The fraction of sp³-hybridized carbons (Fsp3) is 0.200. The van der Waals surface area contributed by atoms with Gasteiger partial charge in [-0.25, -0.2) is 0 Å². The molecule has 0 aliphatic rings. The van der Waals surface area contributed by atoms with Crippen molar-refractivity contribution in [2.24, 2.45) is 0 Å². The highest BCUT2D eigenvalue weighted by atomic mass is 35.5. The van der Waals surface area contributed by atoms with Crippen molar-refractivity contribution in [3.05, 3.63) is 28.3 Å². The number of halogens is 4. The van der Waals surface area contributed by atoms with Crippen LogP contribution in [0.15, 0.2) is 12.1 Å². The second kappa shape index (κ2) is 4.63. The Morgan fingerprint density at radius 3 is 2.47 bits per heavy atom. The van der Waals surface area contributed by atoms with Crippen LogP contribution in [0.2, 0.25) is 5.02 Å². The molecule has 0 spiro atoms. The van der Waals surface area contributed by atoms with E-state index >= 15 is 0 Å². The van der Waals surface area contributed by atoms with Gasteiger partial charge in [0, 0.05) is 0 Å². The van der Waals surface area contributed by atoms with Crippen LogP contribution in [0, 0.1) is 11.3 Å². The number of hydrogen-bond acceptors (Lipinski definition) is 3. The molecular formula is C10H5ClF3NO2. The van der Waals surface area contributed by atoms with E-state index in [0.717, 1.165) is 19.1 Å². The molecule has 0 radical (unpaired) electrons. The number of rotatable bonds is 2. The zero-order chi connectivity index (χ0) is 13.2. The van der Waals surface area contributed by atoms with Crippen LogP contribution < -0.4 is 4.74 Å². The summed E-state index contributed by atoms with van der Waals surface area (Å²) in [5.74, 6) is -1.43. The third-order valence-corrected chi connectivity index (χ3v) is 2.19. The van der Waals surface area contributed by atoms with E-state index in [0.29, 0.717) is 0 Å². The summed E-state index contributed by atoms with van der Waals surface area (Å²) in [4.78, 5) is 11.2. The van der Waals surface area contributed by atoms with E-state index in [4.69, 9.17) is 16.9 Å². The van der Waals surface area contributed by atoms with Gasteiger partial charge < -0.3 is 4.74 Å². The average molecular weight is 264 g/mol. The normalized spacial score (nSPS) is 10.8. The molecule has 90 valence electrons. The van der Waals surface area contributed by atoms with Crippen LogP contribution in [0.3, 0.4) is 0 Å². The molecule has 1 aromatic carbocycles. The first kappa shape index (κ1) is 13.3. The lowest BCUT2D eigenvalue weighted by Gasteiger charge is -2.13. The maximum Gasteiger partial charge on any atom is 0.573 e. The molecule has 0 bridgehead atoms. The standard InChI is InChI=1S/C10H5ClF3NO2/c1-5(16)8-7(17-10(12,13)14)3-2-6(4-15)9(8)11/h2-3H,1H3. The van der Waals surface area contributed by atoms with Gasteiger partial charge in [-0.05, 0) is 19.1 Å². The molecule has 0 saturated heterocycles. The predicted molar refractivity (Wildman–Crippen MR) is 52.9 cm³/mol. The highest BCUT2D eigenvalue weighted by Gasteiger charge is 2.33. The molecule has 1 rings (SSSR count).